The van der Waals surface area contributed by atoms with Crippen LogP contribution in [0.3, 0.4) is 0 Å². The van der Waals surface area contributed by atoms with Crippen molar-refractivity contribution in [2.45, 2.75) is 104 Å². The Morgan fingerprint density at radius 2 is 1.90 bits per heavy atom. The van der Waals surface area contributed by atoms with Crippen LogP contribution in [-0.4, -0.2) is 41.5 Å². The predicted molar refractivity (Wildman–Crippen MR) is 124 cm³/mol. The summed E-state index contributed by atoms with van der Waals surface area (Å²) < 4.78 is 6.78. The number of aliphatic hydroxyl groups excluding tert-OH is 1. The van der Waals surface area contributed by atoms with Gasteiger partial charge in [-0.15, -0.1) is 0 Å². The van der Waals surface area contributed by atoms with Gasteiger partial charge in [0.15, 0.2) is 0 Å². The quantitative estimate of drug-likeness (QED) is 0.509. The topological polar surface area (TPSA) is 32.7 Å². The molecular weight excluding hydrogens is 382 g/mol. The number of fused-ring (bicyclic) bond motifs is 8. The zero-order chi connectivity index (χ0) is 21.5. The zero-order valence-electron chi connectivity index (χ0n) is 20.4. The summed E-state index contributed by atoms with van der Waals surface area (Å²) in [5, 5.41) is 10.3. The molecule has 0 unspecified atom stereocenters. The van der Waals surface area contributed by atoms with E-state index >= 15 is 0 Å². The summed E-state index contributed by atoms with van der Waals surface area (Å²) in [5.74, 6) is 4.77. The first kappa shape index (κ1) is 21.2. The molecule has 0 aromatic rings. The van der Waals surface area contributed by atoms with Crippen molar-refractivity contribution in [2.75, 3.05) is 13.3 Å². The fourth-order valence-corrected chi connectivity index (χ4v) is 10.2. The van der Waals surface area contributed by atoms with E-state index in [-0.39, 0.29) is 6.10 Å². The molecule has 0 spiro atoms. The van der Waals surface area contributed by atoms with Gasteiger partial charge < -0.3 is 9.84 Å². The second-order valence-electron chi connectivity index (χ2n) is 13.2. The van der Waals surface area contributed by atoms with Gasteiger partial charge in [0, 0.05) is 12.6 Å². The Kier molecular flexibility index (Phi) is 4.99. The van der Waals surface area contributed by atoms with Crippen molar-refractivity contribution < 1.29 is 9.84 Å². The standard InChI is InChI=1S/C28H45NO2/c1-17-5-8-24-18(2)26-25(31-16-29(24)15-17)14-23-21-7-6-19-13-20(30)9-11-27(19,3)22(21)10-12-28(23,26)4/h6,17-18,20-26,30H,5,7-16H2,1-4H3/t17-,18+,20+,21-,22+,23+,24+,25-,26+,27+,28+/m1/s1. The highest BCUT2D eigenvalue weighted by molar-refractivity contribution is 5.26. The fourth-order valence-electron chi connectivity index (χ4n) is 10.2. The number of hydrogen-bond donors (Lipinski definition) is 1. The Labute approximate surface area is 190 Å². The second-order valence-corrected chi connectivity index (χ2v) is 13.2. The van der Waals surface area contributed by atoms with Crippen molar-refractivity contribution in [1.82, 2.24) is 4.90 Å². The monoisotopic (exact) mass is 427 g/mol. The molecule has 3 nitrogen and oxygen atoms in total. The lowest BCUT2D eigenvalue weighted by Crippen LogP contribution is -2.53. The van der Waals surface area contributed by atoms with Crippen LogP contribution in [0.5, 0.6) is 0 Å². The van der Waals surface area contributed by atoms with Crippen molar-refractivity contribution in [3.05, 3.63) is 11.6 Å². The lowest BCUT2D eigenvalue weighted by Gasteiger charge is -2.58. The van der Waals surface area contributed by atoms with Crippen LogP contribution in [0.1, 0.15) is 85.5 Å². The molecule has 5 fully saturated rings. The molecule has 3 saturated carbocycles. The molecule has 0 amide bonds. The van der Waals surface area contributed by atoms with Crippen molar-refractivity contribution in [2.24, 2.45) is 46.3 Å². The van der Waals surface area contributed by atoms with Crippen LogP contribution in [0.15, 0.2) is 11.6 Å². The molecule has 2 saturated heterocycles. The normalized spacial score (nSPS) is 56.9. The Balaban J connectivity index is 1.30. The molecule has 3 heteroatoms. The third-order valence-electron chi connectivity index (χ3n) is 11.8. The molecule has 0 radical (unpaired) electrons. The Morgan fingerprint density at radius 3 is 2.74 bits per heavy atom. The highest BCUT2D eigenvalue weighted by Crippen LogP contribution is 2.68. The van der Waals surface area contributed by atoms with Crippen LogP contribution < -0.4 is 0 Å². The Hall–Kier alpha value is -0.380. The lowest BCUT2D eigenvalue weighted by atomic mass is 9.47. The number of ether oxygens (including phenoxy) is 1. The van der Waals surface area contributed by atoms with Crippen LogP contribution in [0.25, 0.3) is 0 Å². The second kappa shape index (κ2) is 7.31. The van der Waals surface area contributed by atoms with E-state index in [9.17, 15) is 5.11 Å². The van der Waals surface area contributed by atoms with E-state index < -0.39 is 0 Å². The van der Waals surface area contributed by atoms with Crippen LogP contribution in [0, 0.1) is 46.3 Å². The van der Waals surface area contributed by atoms with Gasteiger partial charge >= 0.3 is 0 Å². The molecule has 2 heterocycles. The zero-order valence-corrected chi connectivity index (χ0v) is 20.4. The maximum atomic E-state index is 10.3. The van der Waals surface area contributed by atoms with Gasteiger partial charge in [0.25, 0.3) is 0 Å². The molecule has 4 aliphatic carbocycles. The van der Waals surface area contributed by atoms with E-state index in [4.69, 9.17) is 4.74 Å². The molecule has 174 valence electrons. The summed E-state index contributed by atoms with van der Waals surface area (Å²) in [6, 6.07) is 0.731. The molecule has 0 aromatic heterocycles. The van der Waals surface area contributed by atoms with E-state index in [0.29, 0.717) is 16.9 Å². The first-order valence-electron chi connectivity index (χ1n) is 13.5. The summed E-state index contributed by atoms with van der Waals surface area (Å²) in [7, 11) is 0. The minimum Gasteiger partial charge on any atom is -0.393 e. The van der Waals surface area contributed by atoms with Gasteiger partial charge in [-0.2, -0.15) is 0 Å². The van der Waals surface area contributed by atoms with Crippen LogP contribution in [-0.2, 0) is 4.74 Å². The van der Waals surface area contributed by atoms with Crippen LogP contribution in [0.4, 0.5) is 0 Å². The lowest BCUT2D eigenvalue weighted by molar-refractivity contribution is -0.0644. The number of rotatable bonds is 0. The van der Waals surface area contributed by atoms with E-state index in [2.05, 4.69) is 38.7 Å². The number of aliphatic hydroxyl groups is 1. The van der Waals surface area contributed by atoms with Crippen molar-refractivity contribution in [3.63, 3.8) is 0 Å². The van der Waals surface area contributed by atoms with Crippen molar-refractivity contribution in [3.8, 4) is 0 Å². The first-order valence-corrected chi connectivity index (χ1v) is 13.5. The Bertz CT molecular complexity index is 749. The average molecular weight is 428 g/mol. The maximum Gasteiger partial charge on any atom is 0.0996 e. The Morgan fingerprint density at radius 1 is 1.06 bits per heavy atom. The number of piperidine rings is 1. The van der Waals surface area contributed by atoms with E-state index in [0.717, 1.165) is 61.1 Å². The molecule has 11 atom stereocenters. The molecule has 31 heavy (non-hydrogen) atoms. The third kappa shape index (κ3) is 3.01. The number of hydrogen-bond acceptors (Lipinski definition) is 3. The molecule has 6 aliphatic rings. The SMILES string of the molecule is C[C@@H]1CC[C@H]2[C@H](C)[C@H]3[C@@H](C[C@H]4[C@@H]5CC=C6C[C@@H](O)CC[C@]6(C)[C@H]5CC[C@]34C)OCN2C1. The van der Waals surface area contributed by atoms with Crippen molar-refractivity contribution >= 4 is 0 Å². The highest BCUT2D eigenvalue weighted by Gasteiger charge is 2.63. The third-order valence-corrected chi connectivity index (χ3v) is 11.8. The van der Waals surface area contributed by atoms with Crippen molar-refractivity contribution in [1.29, 1.82) is 0 Å². The summed E-state index contributed by atoms with van der Waals surface area (Å²) in [6.07, 6.45) is 14.2. The smallest absolute Gasteiger partial charge is 0.0996 e. The molecule has 1 N–H and O–H groups in total. The molecule has 2 aliphatic heterocycles. The van der Waals surface area contributed by atoms with E-state index in [1.54, 1.807) is 5.57 Å². The average Bonchev–Trinajstić information content (AvgIpc) is 2.96. The fraction of sp³-hybridized carbons (Fsp3) is 0.929. The summed E-state index contributed by atoms with van der Waals surface area (Å²) in [5.41, 5.74) is 2.39. The van der Waals surface area contributed by atoms with Crippen LogP contribution >= 0.6 is 0 Å². The number of nitrogens with zero attached hydrogens (tertiary/aromatic N) is 1. The van der Waals surface area contributed by atoms with Gasteiger partial charge in [0.1, 0.15) is 0 Å². The van der Waals surface area contributed by atoms with Gasteiger partial charge in [-0.3, -0.25) is 4.90 Å². The molecular formula is C28H45NO2. The predicted octanol–water partition coefficient (Wildman–Crippen LogP) is 5.63. The molecule has 0 aromatic carbocycles. The van der Waals surface area contributed by atoms with E-state index in [1.807, 2.05) is 0 Å². The van der Waals surface area contributed by atoms with Gasteiger partial charge in [-0.1, -0.05) is 39.3 Å². The van der Waals surface area contributed by atoms with Gasteiger partial charge in [-0.05, 0) is 104 Å². The molecule has 6 rings (SSSR count). The molecule has 0 bridgehead atoms. The summed E-state index contributed by atoms with van der Waals surface area (Å²) in [6.45, 7) is 12.3. The van der Waals surface area contributed by atoms with Gasteiger partial charge in [-0.25, -0.2) is 0 Å². The van der Waals surface area contributed by atoms with Gasteiger partial charge in [0.2, 0.25) is 0 Å². The largest absolute Gasteiger partial charge is 0.393 e. The minimum absolute atomic E-state index is 0.0989. The minimum atomic E-state index is -0.0989. The summed E-state index contributed by atoms with van der Waals surface area (Å²) >= 11 is 0. The number of allylic oxidation sites excluding steroid dienone is 1. The van der Waals surface area contributed by atoms with Crippen LogP contribution in [0.2, 0.25) is 0 Å². The summed E-state index contributed by atoms with van der Waals surface area (Å²) in [4.78, 5) is 2.70. The first-order chi connectivity index (χ1) is 14.8. The maximum absolute atomic E-state index is 10.3. The van der Waals surface area contributed by atoms with E-state index in [1.165, 1.54) is 51.5 Å². The highest BCUT2D eigenvalue weighted by atomic mass is 16.5. The van der Waals surface area contributed by atoms with Gasteiger partial charge in [0.05, 0.1) is 18.9 Å².